The second kappa shape index (κ2) is 8.75. The number of likely N-dealkylation sites (tertiary alicyclic amines) is 1. The van der Waals surface area contributed by atoms with Crippen molar-refractivity contribution >= 4 is 11.8 Å². The van der Waals surface area contributed by atoms with E-state index < -0.39 is 12.2 Å². The van der Waals surface area contributed by atoms with Gasteiger partial charge in [-0.3, -0.25) is 9.59 Å². The molecule has 2 amide bonds. The average Bonchev–Trinajstić information content (AvgIpc) is 3.11. The average molecular weight is 394 g/mol. The molecule has 3 aliphatic carbocycles. The highest BCUT2D eigenvalue weighted by Crippen LogP contribution is 2.52. The van der Waals surface area contributed by atoms with E-state index in [4.69, 9.17) is 10.4 Å². The number of nitrogens with one attached hydrogen (secondary N) is 2. The lowest BCUT2D eigenvalue weighted by atomic mass is 9.57. The number of rotatable bonds is 8. The van der Waals surface area contributed by atoms with Gasteiger partial charge in [0, 0.05) is 30.5 Å². The molecule has 1 aliphatic heterocycles. The minimum Gasteiger partial charge on any atom is -0.396 e. The summed E-state index contributed by atoms with van der Waals surface area (Å²) in [6.45, 7) is 0.869. The largest absolute Gasteiger partial charge is 0.396 e. The number of carbonyl (C=O) groups excluding carboxylic acids is 2. The van der Waals surface area contributed by atoms with Crippen LogP contribution in [-0.4, -0.2) is 65.8 Å². The van der Waals surface area contributed by atoms with Gasteiger partial charge in [-0.05, 0) is 51.4 Å². The molecule has 0 unspecified atom stereocenters. The zero-order chi connectivity index (χ0) is 20.2. The molecule has 7 nitrogen and oxygen atoms in total. The van der Waals surface area contributed by atoms with Crippen LogP contribution in [-0.2, 0) is 9.59 Å². The lowest BCUT2D eigenvalue weighted by Gasteiger charge is -2.53. The molecule has 0 aromatic heterocycles. The molecule has 3 saturated carbocycles. The van der Waals surface area contributed by atoms with E-state index in [2.05, 4.69) is 10.6 Å². The van der Waals surface area contributed by atoms with Crippen LogP contribution in [0.4, 0.5) is 4.39 Å². The summed E-state index contributed by atoms with van der Waals surface area (Å²) in [6.07, 6.45) is 5.40. The molecule has 3 N–H and O–H groups in total. The van der Waals surface area contributed by atoms with E-state index in [0.717, 1.165) is 44.9 Å². The van der Waals surface area contributed by atoms with Crippen LogP contribution in [0.5, 0.6) is 0 Å². The molecule has 2 atom stereocenters. The van der Waals surface area contributed by atoms with Gasteiger partial charge in [0.2, 0.25) is 11.8 Å². The summed E-state index contributed by atoms with van der Waals surface area (Å²) in [5.74, 6) is -0.0946. The molecule has 1 heterocycles. The van der Waals surface area contributed by atoms with Crippen LogP contribution >= 0.6 is 0 Å². The normalized spacial score (nSPS) is 34.2. The number of nitrogens with zero attached hydrogens (tertiary/aromatic N) is 2. The van der Waals surface area contributed by atoms with Gasteiger partial charge in [0.05, 0.1) is 19.2 Å². The van der Waals surface area contributed by atoms with Gasteiger partial charge in [0.25, 0.3) is 0 Å². The quantitative estimate of drug-likeness (QED) is 0.533. The Kier molecular flexibility index (Phi) is 6.56. The maximum Gasteiger partial charge on any atom is 0.237 e. The Morgan fingerprint density at radius 1 is 1.18 bits per heavy atom. The Morgan fingerprint density at radius 3 is 2.46 bits per heavy atom. The van der Waals surface area contributed by atoms with Crippen molar-refractivity contribution in [1.29, 1.82) is 5.26 Å². The molecule has 8 heteroatoms. The lowest BCUT2D eigenvalue weighted by molar-refractivity contribution is -0.139. The summed E-state index contributed by atoms with van der Waals surface area (Å²) in [5, 5.41) is 24.4. The summed E-state index contributed by atoms with van der Waals surface area (Å²) >= 11 is 0. The minimum atomic E-state index is -1.12. The first kappa shape index (κ1) is 21.0. The number of nitriles is 1. The van der Waals surface area contributed by atoms with Crippen molar-refractivity contribution in [3.05, 3.63) is 0 Å². The van der Waals surface area contributed by atoms with Crippen LogP contribution in [0.2, 0.25) is 0 Å². The maximum absolute atomic E-state index is 13.5. The first-order valence-corrected chi connectivity index (χ1v) is 10.4. The third kappa shape index (κ3) is 4.31. The zero-order valence-corrected chi connectivity index (χ0v) is 16.4. The number of amides is 2. The van der Waals surface area contributed by atoms with Crippen molar-refractivity contribution in [3.8, 4) is 6.07 Å². The third-order valence-corrected chi connectivity index (χ3v) is 6.93. The number of hydrogen-bond donors (Lipinski definition) is 3. The van der Waals surface area contributed by atoms with Gasteiger partial charge in [0.15, 0.2) is 0 Å². The predicted molar refractivity (Wildman–Crippen MR) is 101 cm³/mol. The summed E-state index contributed by atoms with van der Waals surface area (Å²) in [5.41, 5.74) is -0.430. The van der Waals surface area contributed by atoms with Gasteiger partial charge in [-0.25, -0.2) is 4.39 Å². The number of halogens is 1. The Hall–Kier alpha value is -1.72. The highest BCUT2D eigenvalue weighted by atomic mass is 19.1. The van der Waals surface area contributed by atoms with Crippen molar-refractivity contribution in [2.75, 3.05) is 26.2 Å². The van der Waals surface area contributed by atoms with Crippen molar-refractivity contribution < 1.29 is 19.1 Å². The Morgan fingerprint density at radius 2 is 1.86 bits per heavy atom. The molecule has 0 spiro atoms. The maximum atomic E-state index is 13.5. The predicted octanol–water partition coefficient (Wildman–Crippen LogP) is 1.02. The number of fused-ring (bicyclic) bond motifs is 3. The van der Waals surface area contributed by atoms with Crippen LogP contribution in [0.3, 0.4) is 0 Å². The van der Waals surface area contributed by atoms with E-state index in [1.807, 2.05) is 6.07 Å². The summed E-state index contributed by atoms with van der Waals surface area (Å²) < 4.78 is 13.5. The van der Waals surface area contributed by atoms with E-state index in [9.17, 15) is 14.0 Å². The second-order valence-corrected chi connectivity index (χ2v) is 8.62. The van der Waals surface area contributed by atoms with Crippen LogP contribution in [0.15, 0.2) is 0 Å². The summed E-state index contributed by atoms with van der Waals surface area (Å²) in [7, 11) is 0. The highest BCUT2D eigenvalue weighted by Gasteiger charge is 2.52. The Balaban J connectivity index is 1.48. The number of aliphatic hydroxyl groups excluding tert-OH is 1. The number of hydrogen-bond acceptors (Lipinski definition) is 5. The van der Waals surface area contributed by atoms with Gasteiger partial charge in [0.1, 0.15) is 12.2 Å². The van der Waals surface area contributed by atoms with E-state index in [-0.39, 0.29) is 48.9 Å². The van der Waals surface area contributed by atoms with Crippen LogP contribution in [0, 0.1) is 16.7 Å². The van der Waals surface area contributed by atoms with Gasteiger partial charge in [-0.1, -0.05) is 0 Å². The number of aliphatic hydroxyl groups is 1. The van der Waals surface area contributed by atoms with Crippen molar-refractivity contribution in [2.24, 2.45) is 5.41 Å². The number of unbranched alkanes of at least 4 members (excludes halogenated alkanes) is 1. The summed E-state index contributed by atoms with van der Waals surface area (Å²) in [4.78, 5) is 26.5. The zero-order valence-electron chi connectivity index (χ0n) is 16.4. The molecule has 0 aromatic rings. The van der Waals surface area contributed by atoms with Gasteiger partial charge >= 0.3 is 0 Å². The standard InChI is InChI=1S/C20H31FN4O3/c21-15-11-16(12-22)25(14-15)17(27)13-24-20-6-3-19(4-7-20,5-8-20)18(28)23-9-1-2-10-26/h15-16,24,26H,1-11,13-14H2,(H,23,28)/t15-,16-,19?,20?/m0/s1. The third-order valence-electron chi connectivity index (χ3n) is 6.93. The second-order valence-electron chi connectivity index (χ2n) is 8.62. The fourth-order valence-corrected chi connectivity index (χ4v) is 4.97. The van der Waals surface area contributed by atoms with E-state index in [1.165, 1.54) is 4.90 Å². The minimum absolute atomic E-state index is 0.00526. The monoisotopic (exact) mass is 394 g/mol. The molecular formula is C20H31FN4O3. The fraction of sp³-hybridized carbons (Fsp3) is 0.850. The Labute approximate surface area is 165 Å². The topological polar surface area (TPSA) is 105 Å². The molecule has 0 aromatic carbocycles. The lowest BCUT2D eigenvalue weighted by Crippen LogP contribution is -2.60. The first-order valence-electron chi connectivity index (χ1n) is 10.4. The van der Waals surface area contributed by atoms with Gasteiger partial charge < -0.3 is 20.6 Å². The van der Waals surface area contributed by atoms with E-state index in [0.29, 0.717) is 13.0 Å². The molecule has 156 valence electrons. The van der Waals surface area contributed by atoms with E-state index >= 15 is 0 Å². The van der Waals surface area contributed by atoms with Crippen molar-refractivity contribution in [1.82, 2.24) is 15.5 Å². The van der Waals surface area contributed by atoms with Gasteiger partial charge in [-0.2, -0.15) is 5.26 Å². The van der Waals surface area contributed by atoms with E-state index in [1.54, 1.807) is 0 Å². The van der Waals surface area contributed by atoms with Crippen LogP contribution in [0.25, 0.3) is 0 Å². The molecular weight excluding hydrogens is 363 g/mol. The molecule has 28 heavy (non-hydrogen) atoms. The first-order chi connectivity index (χ1) is 13.4. The van der Waals surface area contributed by atoms with Crippen molar-refractivity contribution in [2.45, 2.75) is 75.5 Å². The summed E-state index contributed by atoms with van der Waals surface area (Å²) in [6, 6.07) is 1.35. The highest BCUT2D eigenvalue weighted by molar-refractivity contribution is 5.83. The fourth-order valence-electron chi connectivity index (χ4n) is 4.97. The number of carbonyl (C=O) groups is 2. The molecule has 0 radical (unpaired) electrons. The van der Waals surface area contributed by atoms with Crippen molar-refractivity contribution in [3.63, 3.8) is 0 Å². The van der Waals surface area contributed by atoms with Gasteiger partial charge in [-0.15, -0.1) is 0 Å². The molecule has 4 aliphatic rings. The molecule has 1 saturated heterocycles. The molecule has 2 bridgehead atoms. The molecule has 4 rings (SSSR count). The van der Waals surface area contributed by atoms with Crippen LogP contribution in [0.1, 0.15) is 57.8 Å². The number of alkyl halides is 1. The SMILES string of the molecule is N#C[C@@H]1C[C@H](F)CN1C(=O)CNC12CCC(C(=O)NCCCCO)(CC1)CC2. The smallest absolute Gasteiger partial charge is 0.237 e. The van der Waals surface area contributed by atoms with Crippen LogP contribution < -0.4 is 10.6 Å². The Bertz CT molecular complexity index is 611. The molecule has 4 fully saturated rings.